The average Bonchev–Trinajstić information content (AvgIpc) is 2.81. The summed E-state index contributed by atoms with van der Waals surface area (Å²) in [5.41, 5.74) is 2.41. The Balaban J connectivity index is 1.33. The van der Waals surface area contributed by atoms with Gasteiger partial charge in [-0.1, -0.05) is 17.7 Å². The van der Waals surface area contributed by atoms with Gasteiger partial charge in [-0.15, -0.1) is 0 Å². The van der Waals surface area contributed by atoms with Crippen molar-refractivity contribution in [3.05, 3.63) is 72.1 Å². The van der Waals surface area contributed by atoms with E-state index >= 15 is 0 Å². The monoisotopic (exact) mass is 466 g/mol. The highest BCUT2D eigenvalue weighted by Crippen LogP contribution is 2.27. The minimum atomic E-state index is -3.57. The number of carbonyl (C=O) groups is 1. The van der Waals surface area contributed by atoms with Gasteiger partial charge < -0.3 is 10.1 Å². The molecule has 3 aromatic rings. The number of amides is 1. The maximum Gasteiger partial charge on any atom is 0.321 e. The third-order valence-electron chi connectivity index (χ3n) is 5.65. The number of nitrogens with one attached hydrogen (secondary N) is 1. The van der Waals surface area contributed by atoms with Crippen LogP contribution in [0.25, 0.3) is 0 Å². The van der Waals surface area contributed by atoms with Crippen LogP contribution < -0.4 is 10.1 Å². The predicted molar refractivity (Wildman–Crippen MR) is 125 cm³/mol. The molecule has 8 nitrogen and oxygen atoms in total. The maximum atomic E-state index is 13.1. The summed E-state index contributed by atoms with van der Waals surface area (Å²) in [7, 11) is -3.57. The van der Waals surface area contributed by atoms with Crippen LogP contribution in [-0.2, 0) is 14.8 Å². The van der Waals surface area contributed by atoms with Gasteiger partial charge in [-0.05, 0) is 68.7 Å². The van der Waals surface area contributed by atoms with E-state index in [1.54, 1.807) is 48.8 Å². The minimum Gasteiger partial charge on any atom is -0.424 e. The second-order valence-electron chi connectivity index (χ2n) is 8.09. The van der Waals surface area contributed by atoms with Crippen molar-refractivity contribution in [1.82, 2.24) is 14.3 Å². The number of sulfonamides is 1. The van der Waals surface area contributed by atoms with Crippen molar-refractivity contribution in [2.75, 3.05) is 18.4 Å². The summed E-state index contributed by atoms with van der Waals surface area (Å²) in [6.45, 7) is 4.38. The number of ether oxygens (including phenoxy) is 1. The molecule has 0 atom stereocenters. The van der Waals surface area contributed by atoms with Gasteiger partial charge in [0.05, 0.1) is 4.90 Å². The number of benzene rings is 2. The van der Waals surface area contributed by atoms with E-state index in [-0.39, 0.29) is 17.8 Å². The summed E-state index contributed by atoms with van der Waals surface area (Å²) in [6.07, 6.45) is 4.13. The molecule has 172 valence electrons. The molecule has 1 fully saturated rings. The third kappa shape index (κ3) is 5.37. The van der Waals surface area contributed by atoms with Gasteiger partial charge in [0.15, 0.2) is 0 Å². The number of nitrogens with zero attached hydrogens (tertiary/aromatic N) is 3. The first-order chi connectivity index (χ1) is 15.8. The molecule has 2 heterocycles. The zero-order valence-corrected chi connectivity index (χ0v) is 19.4. The van der Waals surface area contributed by atoms with Crippen LogP contribution >= 0.6 is 0 Å². The lowest BCUT2D eigenvalue weighted by molar-refractivity contribution is -0.120. The summed E-state index contributed by atoms with van der Waals surface area (Å²) < 4.78 is 33.1. The van der Waals surface area contributed by atoms with Crippen LogP contribution in [0, 0.1) is 19.8 Å². The Morgan fingerprint density at radius 2 is 1.70 bits per heavy atom. The van der Waals surface area contributed by atoms with Gasteiger partial charge in [-0.25, -0.2) is 18.4 Å². The van der Waals surface area contributed by atoms with Gasteiger partial charge in [0.25, 0.3) is 0 Å². The van der Waals surface area contributed by atoms with Gasteiger partial charge in [-0.3, -0.25) is 4.79 Å². The zero-order valence-electron chi connectivity index (χ0n) is 18.6. The molecule has 1 aliphatic heterocycles. The van der Waals surface area contributed by atoms with Crippen LogP contribution in [0.3, 0.4) is 0 Å². The number of anilines is 1. The second kappa shape index (κ2) is 9.68. The lowest BCUT2D eigenvalue weighted by Crippen LogP contribution is -2.41. The summed E-state index contributed by atoms with van der Waals surface area (Å²) in [5.74, 6) is 0.201. The van der Waals surface area contributed by atoms with Crippen molar-refractivity contribution in [2.45, 2.75) is 31.6 Å². The maximum absolute atomic E-state index is 13.1. The minimum absolute atomic E-state index is 0.112. The van der Waals surface area contributed by atoms with E-state index in [1.807, 2.05) is 26.0 Å². The highest BCUT2D eigenvalue weighted by atomic mass is 32.2. The summed E-state index contributed by atoms with van der Waals surface area (Å²) in [5, 5.41) is 2.91. The Morgan fingerprint density at radius 1 is 1.03 bits per heavy atom. The number of rotatable bonds is 6. The standard InChI is InChI=1S/C24H26N4O4S/c1-17-4-9-22(18(2)16-17)33(30,31)28-14-10-19(11-15-28)23(29)27-20-5-7-21(8-6-20)32-24-25-12-3-13-26-24/h3-9,12-13,16,19H,10-11,14-15H2,1-2H3,(H,27,29). The number of piperidine rings is 1. The molecule has 0 aliphatic carbocycles. The molecule has 0 saturated carbocycles. The molecule has 0 spiro atoms. The lowest BCUT2D eigenvalue weighted by atomic mass is 9.97. The predicted octanol–water partition coefficient (Wildman–Crippen LogP) is 3.93. The molecular formula is C24H26N4O4S. The van der Waals surface area contributed by atoms with Gasteiger partial charge in [-0.2, -0.15) is 4.31 Å². The summed E-state index contributed by atoms with van der Waals surface area (Å²) in [4.78, 5) is 21.1. The van der Waals surface area contributed by atoms with Crippen LogP contribution in [0.15, 0.2) is 65.8 Å². The van der Waals surface area contributed by atoms with Crippen LogP contribution in [0.2, 0.25) is 0 Å². The first-order valence-corrected chi connectivity index (χ1v) is 12.2. The smallest absolute Gasteiger partial charge is 0.321 e. The third-order valence-corrected chi connectivity index (χ3v) is 7.70. The average molecular weight is 467 g/mol. The van der Waals surface area contributed by atoms with Crippen molar-refractivity contribution in [3.8, 4) is 11.8 Å². The van der Waals surface area contributed by atoms with Crippen LogP contribution in [0.5, 0.6) is 11.8 Å². The van der Waals surface area contributed by atoms with Crippen molar-refractivity contribution >= 4 is 21.6 Å². The van der Waals surface area contributed by atoms with Crippen molar-refractivity contribution in [3.63, 3.8) is 0 Å². The fourth-order valence-corrected chi connectivity index (χ4v) is 5.56. The topological polar surface area (TPSA) is 101 Å². The number of aryl methyl sites for hydroxylation is 2. The molecule has 0 unspecified atom stereocenters. The summed E-state index contributed by atoms with van der Waals surface area (Å²) in [6, 6.07) is 14.2. The van der Waals surface area contributed by atoms with Crippen molar-refractivity contribution in [1.29, 1.82) is 0 Å². The van der Waals surface area contributed by atoms with Crippen molar-refractivity contribution < 1.29 is 17.9 Å². The molecule has 1 aromatic heterocycles. The molecule has 33 heavy (non-hydrogen) atoms. The quantitative estimate of drug-likeness (QED) is 0.591. The van der Waals surface area contributed by atoms with E-state index in [9.17, 15) is 13.2 Å². The largest absolute Gasteiger partial charge is 0.424 e. The lowest BCUT2D eigenvalue weighted by Gasteiger charge is -2.31. The molecule has 0 radical (unpaired) electrons. The molecule has 4 rings (SSSR count). The second-order valence-corrected chi connectivity index (χ2v) is 10.0. The van der Waals surface area contributed by atoms with Crippen molar-refractivity contribution in [2.24, 2.45) is 5.92 Å². The molecule has 2 aromatic carbocycles. The van der Waals surface area contributed by atoms with Crippen LogP contribution in [0.4, 0.5) is 5.69 Å². The molecule has 1 N–H and O–H groups in total. The molecule has 1 saturated heterocycles. The number of hydrogen-bond donors (Lipinski definition) is 1. The molecule has 9 heteroatoms. The van der Waals surface area contributed by atoms with Gasteiger partial charge >= 0.3 is 6.01 Å². The van der Waals surface area contributed by atoms with E-state index in [0.717, 1.165) is 11.1 Å². The Bertz CT molecular complexity index is 1220. The van der Waals surface area contributed by atoms with E-state index in [0.29, 0.717) is 42.3 Å². The van der Waals surface area contributed by atoms with Crippen LogP contribution in [0.1, 0.15) is 24.0 Å². The number of hydrogen-bond acceptors (Lipinski definition) is 6. The Kier molecular flexibility index (Phi) is 6.71. The fourth-order valence-electron chi connectivity index (χ4n) is 3.88. The highest BCUT2D eigenvalue weighted by molar-refractivity contribution is 7.89. The van der Waals surface area contributed by atoms with E-state index in [4.69, 9.17) is 4.74 Å². The number of aromatic nitrogens is 2. The van der Waals surface area contributed by atoms with E-state index in [2.05, 4.69) is 15.3 Å². The normalized spacial score (nSPS) is 15.2. The van der Waals surface area contributed by atoms with E-state index < -0.39 is 10.0 Å². The highest BCUT2D eigenvalue weighted by Gasteiger charge is 2.32. The van der Waals surface area contributed by atoms with Gasteiger partial charge in [0, 0.05) is 37.1 Å². The first-order valence-electron chi connectivity index (χ1n) is 10.8. The van der Waals surface area contributed by atoms with Crippen LogP contribution in [-0.4, -0.2) is 41.7 Å². The Hall–Kier alpha value is -3.30. The summed E-state index contributed by atoms with van der Waals surface area (Å²) >= 11 is 0. The molecule has 0 bridgehead atoms. The number of carbonyl (C=O) groups excluding carboxylic acids is 1. The first kappa shape index (κ1) is 22.9. The Morgan fingerprint density at radius 3 is 2.33 bits per heavy atom. The SMILES string of the molecule is Cc1ccc(S(=O)(=O)N2CCC(C(=O)Nc3ccc(Oc4ncccn4)cc3)CC2)c(C)c1. The van der Waals surface area contributed by atoms with Gasteiger partial charge in [0.1, 0.15) is 5.75 Å². The van der Waals surface area contributed by atoms with E-state index in [1.165, 1.54) is 4.31 Å². The molecular weight excluding hydrogens is 440 g/mol. The van der Waals surface area contributed by atoms with Gasteiger partial charge in [0.2, 0.25) is 15.9 Å². The fraction of sp³-hybridized carbons (Fsp3) is 0.292. The molecule has 1 amide bonds. The molecule has 1 aliphatic rings. The Labute approximate surface area is 193 Å². The zero-order chi connectivity index (χ0) is 23.4.